The molecule has 0 radical (unpaired) electrons. The van der Waals surface area contributed by atoms with Crippen molar-refractivity contribution in [2.45, 2.75) is 13.0 Å². The SMILES string of the molecule is COc1cc(-c2cncc(NC(C)c3cccc(NC(=O)c4ccncc4)c3)n2)ccc1O. The first-order chi connectivity index (χ1) is 16.0. The van der Waals surface area contributed by atoms with Crippen LogP contribution in [0.5, 0.6) is 11.5 Å². The molecule has 3 N–H and O–H groups in total. The Hall–Kier alpha value is -4.46. The highest BCUT2D eigenvalue weighted by atomic mass is 16.5. The zero-order chi connectivity index (χ0) is 23.2. The maximum atomic E-state index is 12.4. The van der Waals surface area contributed by atoms with E-state index in [0.29, 0.717) is 28.5 Å². The number of phenols is 1. The molecule has 8 heteroatoms. The molecule has 2 heterocycles. The van der Waals surface area contributed by atoms with Gasteiger partial charge in [-0.3, -0.25) is 14.8 Å². The van der Waals surface area contributed by atoms with Crippen LogP contribution in [0.25, 0.3) is 11.3 Å². The number of rotatable bonds is 7. The molecule has 0 aliphatic carbocycles. The summed E-state index contributed by atoms with van der Waals surface area (Å²) >= 11 is 0. The van der Waals surface area contributed by atoms with E-state index in [4.69, 9.17) is 4.74 Å². The summed E-state index contributed by atoms with van der Waals surface area (Å²) in [7, 11) is 1.50. The van der Waals surface area contributed by atoms with Gasteiger partial charge in [-0.1, -0.05) is 12.1 Å². The molecule has 0 aliphatic heterocycles. The van der Waals surface area contributed by atoms with Gasteiger partial charge in [-0.2, -0.15) is 0 Å². The van der Waals surface area contributed by atoms with Crippen LogP contribution in [0.4, 0.5) is 11.5 Å². The number of benzene rings is 2. The largest absolute Gasteiger partial charge is 0.504 e. The standard InChI is InChI=1S/C25H23N5O3/c1-16(18-4-3-5-20(12-18)29-25(32)17-8-10-26-11-9-17)28-24-15-27-14-21(30-24)19-6-7-22(31)23(13-19)33-2/h3-16,31H,1-2H3,(H,28,30)(H,29,32). The summed E-state index contributed by atoms with van der Waals surface area (Å²) in [6.07, 6.45) is 6.46. The zero-order valence-corrected chi connectivity index (χ0v) is 18.2. The first-order valence-corrected chi connectivity index (χ1v) is 10.3. The molecular weight excluding hydrogens is 418 g/mol. The Morgan fingerprint density at radius 3 is 2.64 bits per heavy atom. The van der Waals surface area contributed by atoms with E-state index in [9.17, 15) is 9.90 Å². The van der Waals surface area contributed by atoms with E-state index in [1.165, 1.54) is 7.11 Å². The van der Waals surface area contributed by atoms with Gasteiger partial charge < -0.3 is 20.5 Å². The third kappa shape index (κ3) is 5.24. The molecule has 0 saturated carbocycles. The second kappa shape index (κ2) is 9.78. The van der Waals surface area contributed by atoms with E-state index < -0.39 is 0 Å². The van der Waals surface area contributed by atoms with Gasteiger partial charge in [0, 0.05) is 29.2 Å². The van der Waals surface area contributed by atoms with Gasteiger partial charge in [-0.25, -0.2) is 4.98 Å². The van der Waals surface area contributed by atoms with Crippen LogP contribution in [0.15, 0.2) is 79.4 Å². The number of aromatic hydroxyl groups is 1. The number of ether oxygens (including phenoxy) is 1. The molecule has 0 saturated heterocycles. The monoisotopic (exact) mass is 441 g/mol. The van der Waals surface area contributed by atoms with Crippen LogP contribution >= 0.6 is 0 Å². The molecule has 0 bridgehead atoms. The van der Waals surface area contributed by atoms with Crippen molar-refractivity contribution < 1.29 is 14.6 Å². The quantitative estimate of drug-likeness (QED) is 0.382. The Morgan fingerprint density at radius 2 is 1.85 bits per heavy atom. The van der Waals surface area contributed by atoms with E-state index in [1.807, 2.05) is 31.2 Å². The molecule has 0 spiro atoms. The summed E-state index contributed by atoms with van der Waals surface area (Å²) in [5.41, 5.74) is 3.62. The van der Waals surface area contributed by atoms with Crippen LogP contribution in [0.1, 0.15) is 28.9 Å². The van der Waals surface area contributed by atoms with Crippen molar-refractivity contribution >= 4 is 17.4 Å². The zero-order valence-electron chi connectivity index (χ0n) is 18.2. The number of nitrogens with one attached hydrogen (secondary N) is 2. The fourth-order valence-electron chi connectivity index (χ4n) is 3.31. The average Bonchev–Trinajstić information content (AvgIpc) is 2.85. The minimum atomic E-state index is -0.196. The molecule has 1 amide bonds. The van der Waals surface area contributed by atoms with Crippen LogP contribution in [-0.4, -0.2) is 33.1 Å². The van der Waals surface area contributed by atoms with Gasteiger partial charge in [0.05, 0.1) is 31.2 Å². The molecule has 2 aromatic carbocycles. The van der Waals surface area contributed by atoms with E-state index in [-0.39, 0.29) is 17.7 Å². The van der Waals surface area contributed by atoms with Crippen molar-refractivity contribution in [2.75, 3.05) is 17.7 Å². The second-order valence-corrected chi connectivity index (χ2v) is 7.36. The highest BCUT2D eigenvalue weighted by Gasteiger charge is 2.11. The van der Waals surface area contributed by atoms with Crippen molar-refractivity contribution in [1.82, 2.24) is 15.0 Å². The molecule has 4 rings (SSSR count). The first kappa shape index (κ1) is 21.8. The van der Waals surface area contributed by atoms with E-state index in [0.717, 1.165) is 11.1 Å². The first-order valence-electron chi connectivity index (χ1n) is 10.3. The molecule has 33 heavy (non-hydrogen) atoms. The number of methoxy groups -OCH3 is 1. The van der Waals surface area contributed by atoms with Gasteiger partial charge in [-0.05, 0) is 55.0 Å². The fourth-order valence-corrected chi connectivity index (χ4v) is 3.31. The number of pyridine rings is 1. The number of amides is 1. The predicted octanol–water partition coefficient (Wildman–Crippen LogP) is 4.68. The minimum Gasteiger partial charge on any atom is -0.504 e. The van der Waals surface area contributed by atoms with E-state index in [2.05, 4.69) is 25.6 Å². The number of carbonyl (C=O) groups is 1. The number of hydrogen-bond acceptors (Lipinski definition) is 7. The summed E-state index contributed by atoms with van der Waals surface area (Å²) in [5.74, 6) is 0.830. The lowest BCUT2D eigenvalue weighted by atomic mass is 10.1. The van der Waals surface area contributed by atoms with E-state index in [1.54, 1.807) is 55.1 Å². The topological polar surface area (TPSA) is 109 Å². The summed E-state index contributed by atoms with van der Waals surface area (Å²) in [6, 6.07) is 15.9. The molecule has 4 aromatic rings. The highest BCUT2D eigenvalue weighted by Crippen LogP contribution is 2.31. The lowest BCUT2D eigenvalue weighted by Crippen LogP contribution is -2.13. The maximum Gasteiger partial charge on any atom is 0.255 e. The summed E-state index contributed by atoms with van der Waals surface area (Å²) < 4.78 is 5.18. The van der Waals surface area contributed by atoms with Gasteiger partial charge >= 0.3 is 0 Å². The fraction of sp³-hybridized carbons (Fsp3) is 0.120. The Bertz CT molecular complexity index is 1260. The lowest BCUT2D eigenvalue weighted by Gasteiger charge is -2.16. The second-order valence-electron chi connectivity index (χ2n) is 7.36. The molecule has 0 fully saturated rings. The Labute approximate surface area is 191 Å². The van der Waals surface area contributed by atoms with Crippen molar-refractivity contribution in [3.63, 3.8) is 0 Å². The van der Waals surface area contributed by atoms with Gasteiger partial charge in [0.25, 0.3) is 5.91 Å². The number of nitrogens with zero attached hydrogens (tertiary/aromatic N) is 3. The highest BCUT2D eigenvalue weighted by molar-refractivity contribution is 6.04. The number of anilines is 2. The van der Waals surface area contributed by atoms with Gasteiger partial charge in [0.1, 0.15) is 5.82 Å². The smallest absolute Gasteiger partial charge is 0.255 e. The molecular formula is C25H23N5O3. The van der Waals surface area contributed by atoms with Crippen LogP contribution < -0.4 is 15.4 Å². The van der Waals surface area contributed by atoms with Crippen LogP contribution in [-0.2, 0) is 0 Å². The number of phenolic OH excluding ortho intramolecular Hbond substituents is 1. The summed E-state index contributed by atoms with van der Waals surface area (Å²) in [5, 5.41) is 16.1. The predicted molar refractivity (Wildman–Crippen MR) is 126 cm³/mol. The molecule has 1 unspecified atom stereocenters. The van der Waals surface area contributed by atoms with Crippen LogP contribution in [0, 0.1) is 0 Å². The van der Waals surface area contributed by atoms with Crippen molar-refractivity contribution in [3.05, 3.63) is 90.5 Å². The Morgan fingerprint density at radius 1 is 1.03 bits per heavy atom. The summed E-state index contributed by atoms with van der Waals surface area (Å²) in [6.45, 7) is 2.00. The number of carbonyl (C=O) groups excluding carboxylic acids is 1. The Balaban J connectivity index is 1.49. The van der Waals surface area contributed by atoms with E-state index >= 15 is 0 Å². The minimum absolute atomic E-state index is 0.0630. The van der Waals surface area contributed by atoms with Gasteiger partial charge in [-0.15, -0.1) is 0 Å². The lowest BCUT2D eigenvalue weighted by molar-refractivity contribution is 0.102. The third-order valence-electron chi connectivity index (χ3n) is 5.06. The maximum absolute atomic E-state index is 12.4. The van der Waals surface area contributed by atoms with Crippen molar-refractivity contribution in [3.8, 4) is 22.8 Å². The number of aromatic nitrogens is 3. The third-order valence-corrected chi connectivity index (χ3v) is 5.06. The molecule has 8 nitrogen and oxygen atoms in total. The summed E-state index contributed by atoms with van der Waals surface area (Å²) in [4.78, 5) is 25.3. The average molecular weight is 441 g/mol. The molecule has 166 valence electrons. The Kier molecular flexibility index (Phi) is 6.45. The molecule has 1 atom stereocenters. The molecule has 2 aromatic heterocycles. The number of hydrogen-bond donors (Lipinski definition) is 3. The normalized spacial score (nSPS) is 11.5. The van der Waals surface area contributed by atoms with Crippen LogP contribution in [0.3, 0.4) is 0 Å². The van der Waals surface area contributed by atoms with Crippen LogP contribution in [0.2, 0.25) is 0 Å². The van der Waals surface area contributed by atoms with Gasteiger partial charge in [0.2, 0.25) is 0 Å². The van der Waals surface area contributed by atoms with Crippen molar-refractivity contribution in [2.24, 2.45) is 0 Å². The van der Waals surface area contributed by atoms with Crippen molar-refractivity contribution in [1.29, 1.82) is 0 Å². The van der Waals surface area contributed by atoms with Gasteiger partial charge in [0.15, 0.2) is 11.5 Å². The molecule has 0 aliphatic rings.